The molecule has 7 nitrogen and oxygen atoms in total. The van der Waals surface area contributed by atoms with E-state index in [9.17, 15) is 19.7 Å². The molecule has 1 N–H and O–H groups in total. The van der Waals surface area contributed by atoms with Crippen LogP contribution in [0.15, 0.2) is 66.0 Å². The van der Waals surface area contributed by atoms with Crippen LogP contribution in [0.25, 0.3) is 0 Å². The number of rotatable bonds is 4. The number of hydrogen-bond donors (Lipinski definition) is 1. The first-order valence-electron chi connectivity index (χ1n) is 10.6. The van der Waals surface area contributed by atoms with Gasteiger partial charge in [-0.15, -0.1) is 23.1 Å². The largest absolute Gasteiger partial charge is 0.324 e. The zero-order chi connectivity index (χ0) is 22.7. The van der Waals surface area contributed by atoms with Gasteiger partial charge in [-0.3, -0.25) is 24.6 Å². The number of hydrogen-bond acceptors (Lipinski definition) is 7. The van der Waals surface area contributed by atoms with E-state index in [0.717, 1.165) is 22.6 Å². The van der Waals surface area contributed by atoms with Crippen LogP contribution in [0.3, 0.4) is 0 Å². The Balaban J connectivity index is 1.62. The molecule has 2 aromatic carbocycles. The quantitative estimate of drug-likeness (QED) is 0.339. The van der Waals surface area contributed by atoms with Gasteiger partial charge >= 0.3 is 0 Å². The minimum absolute atomic E-state index is 0.00996. The summed E-state index contributed by atoms with van der Waals surface area (Å²) in [6.45, 7) is 0. The molecule has 3 aliphatic rings. The van der Waals surface area contributed by atoms with Crippen LogP contribution >= 0.6 is 23.1 Å². The number of nitrogens with zero attached hydrogens (tertiary/aromatic N) is 2. The molecule has 166 valence electrons. The van der Waals surface area contributed by atoms with Crippen LogP contribution in [-0.2, 0) is 10.3 Å². The van der Waals surface area contributed by atoms with Crippen molar-refractivity contribution in [2.24, 2.45) is 5.92 Å². The number of fused-ring (bicyclic) bond motifs is 4. The van der Waals surface area contributed by atoms with Crippen LogP contribution in [0, 0.1) is 16.0 Å². The maximum Gasteiger partial charge on any atom is 0.269 e. The topological polar surface area (TPSA) is 92.5 Å². The number of thiophene rings is 1. The number of carbonyl (C=O) groups is 2. The highest BCUT2D eigenvalue weighted by molar-refractivity contribution is 7.99. The normalized spacial score (nSPS) is 28.0. The molecule has 0 bridgehead atoms. The molecule has 0 unspecified atom stereocenters. The van der Waals surface area contributed by atoms with E-state index in [2.05, 4.69) is 10.2 Å². The fourth-order valence-corrected chi connectivity index (χ4v) is 7.85. The highest BCUT2D eigenvalue weighted by Gasteiger charge is 2.69. The smallest absolute Gasteiger partial charge is 0.269 e. The molecule has 1 aromatic heterocycles. The maximum absolute atomic E-state index is 14.1. The summed E-state index contributed by atoms with van der Waals surface area (Å²) in [7, 11) is 0. The van der Waals surface area contributed by atoms with Crippen molar-refractivity contribution in [1.82, 2.24) is 4.90 Å². The van der Waals surface area contributed by atoms with Crippen molar-refractivity contribution < 1.29 is 14.5 Å². The summed E-state index contributed by atoms with van der Waals surface area (Å²) in [5.74, 6) is 0.0242. The Morgan fingerprint density at radius 2 is 2.00 bits per heavy atom. The van der Waals surface area contributed by atoms with Gasteiger partial charge in [0.1, 0.15) is 5.54 Å². The second-order valence-corrected chi connectivity index (χ2v) is 10.4. The molecule has 1 amide bonds. The minimum Gasteiger partial charge on any atom is -0.324 e. The van der Waals surface area contributed by atoms with Crippen molar-refractivity contribution in [2.75, 3.05) is 16.9 Å². The predicted octanol–water partition coefficient (Wildman–Crippen LogP) is 4.48. The zero-order valence-electron chi connectivity index (χ0n) is 17.3. The van der Waals surface area contributed by atoms with E-state index in [1.165, 1.54) is 17.4 Å². The Hall–Kier alpha value is -3.01. The fourth-order valence-electron chi connectivity index (χ4n) is 5.82. The molecule has 0 aliphatic carbocycles. The number of nitro benzene ring substituents is 1. The van der Waals surface area contributed by atoms with Crippen molar-refractivity contribution in [3.8, 4) is 0 Å². The third-order valence-corrected chi connectivity index (χ3v) is 8.96. The van der Waals surface area contributed by atoms with Crippen LogP contribution in [-0.4, -0.2) is 39.2 Å². The Labute approximate surface area is 197 Å². The van der Waals surface area contributed by atoms with E-state index in [-0.39, 0.29) is 29.3 Å². The molecule has 2 fully saturated rings. The van der Waals surface area contributed by atoms with Crippen LogP contribution in [0.2, 0.25) is 0 Å². The van der Waals surface area contributed by atoms with Gasteiger partial charge in [0.25, 0.3) is 5.69 Å². The van der Waals surface area contributed by atoms with Gasteiger partial charge in [0.05, 0.1) is 15.7 Å². The molecular weight excluding hydrogens is 458 g/mol. The van der Waals surface area contributed by atoms with Gasteiger partial charge in [-0.05, 0) is 23.1 Å². The van der Waals surface area contributed by atoms with Gasteiger partial charge in [-0.1, -0.05) is 36.4 Å². The van der Waals surface area contributed by atoms with Crippen LogP contribution in [0.4, 0.5) is 11.4 Å². The number of carbonyl (C=O) groups excluding carboxylic acids is 2. The van der Waals surface area contributed by atoms with Gasteiger partial charge in [-0.2, -0.15) is 0 Å². The van der Waals surface area contributed by atoms with Crippen molar-refractivity contribution in [2.45, 2.75) is 17.5 Å². The number of anilines is 1. The van der Waals surface area contributed by atoms with E-state index in [0.29, 0.717) is 10.8 Å². The molecule has 6 rings (SSSR count). The Bertz CT molecular complexity index is 1290. The minimum atomic E-state index is -1.15. The third kappa shape index (κ3) is 2.79. The molecule has 4 heterocycles. The van der Waals surface area contributed by atoms with E-state index >= 15 is 0 Å². The van der Waals surface area contributed by atoms with Gasteiger partial charge in [0.2, 0.25) is 5.91 Å². The maximum atomic E-state index is 14.1. The number of nitro groups is 1. The number of benzene rings is 2. The Morgan fingerprint density at radius 1 is 1.15 bits per heavy atom. The van der Waals surface area contributed by atoms with Crippen LogP contribution < -0.4 is 5.32 Å². The molecule has 0 radical (unpaired) electrons. The first-order chi connectivity index (χ1) is 16.0. The molecule has 0 saturated carbocycles. The summed E-state index contributed by atoms with van der Waals surface area (Å²) in [4.78, 5) is 41.8. The lowest BCUT2D eigenvalue weighted by molar-refractivity contribution is -0.384. The SMILES string of the molecule is O=C(c1cccs1)[C@H]1[C@@H](c2cccc([N+](=O)[O-])c2)[C@H]2CSCN2[C@@]12C(=O)Nc1ccccc12. The molecule has 3 aliphatic heterocycles. The first kappa shape index (κ1) is 20.6. The number of para-hydroxylation sites is 1. The van der Waals surface area contributed by atoms with E-state index in [1.807, 2.05) is 41.8 Å². The highest BCUT2D eigenvalue weighted by Crippen LogP contribution is 2.61. The molecule has 2 saturated heterocycles. The van der Waals surface area contributed by atoms with Crippen molar-refractivity contribution in [1.29, 1.82) is 0 Å². The molecule has 1 spiro atoms. The number of nitrogens with one attached hydrogen (secondary N) is 1. The van der Waals surface area contributed by atoms with Gasteiger partial charge < -0.3 is 5.32 Å². The number of amides is 1. The third-order valence-electron chi connectivity index (χ3n) is 7.04. The lowest BCUT2D eigenvalue weighted by Crippen LogP contribution is -2.52. The first-order valence-corrected chi connectivity index (χ1v) is 12.6. The molecular formula is C24H19N3O4S2. The summed E-state index contributed by atoms with van der Waals surface area (Å²) < 4.78 is 0. The second kappa shape index (κ2) is 7.51. The van der Waals surface area contributed by atoms with Gasteiger partial charge in [0.15, 0.2) is 5.78 Å². The van der Waals surface area contributed by atoms with Gasteiger partial charge in [0, 0.05) is 47.0 Å². The van der Waals surface area contributed by atoms with Crippen LogP contribution in [0.5, 0.6) is 0 Å². The second-order valence-electron chi connectivity index (χ2n) is 8.50. The molecule has 3 aromatic rings. The van der Waals surface area contributed by atoms with E-state index < -0.39 is 16.4 Å². The lowest BCUT2D eigenvalue weighted by Gasteiger charge is -2.36. The van der Waals surface area contributed by atoms with Crippen molar-refractivity contribution in [3.05, 3.63) is 92.2 Å². The lowest BCUT2D eigenvalue weighted by atomic mass is 9.70. The molecule has 33 heavy (non-hydrogen) atoms. The van der Waals surface area contributed by atoms with Crippen molar-refractivity contribution in [3.63, 3.8) is 0 Å². The molecule has 9 heteroatoms. The Kier molecular flexibility index (Phi) is 4.69. The summed E-state index contributed by atoms with van der Waals surface area (Å²) in [5.41, 5.74) is 1.10. The fraction of sp³-hybridized carbons (Fsp3) is 0.250. The number of non-ortho nitro benzene ring substituents is 1. The van der Waals surface area contributed by atoms with Gasteiger partial charge in [-0.25, -0.2) is 0 Å². The number of Topliss-reactive ketones (excluding diaryl/α,β-unsaturated/α-hetero) is 1. The number of ketones is 1. The van der Waals surface area contributed by atoms with Crippen molar-refractivity contribution >= 4 is 46.2 Å². The average molecular weight is 478 g/mol. The monoisotopic (exact) mass is 477 g/mol. The summed E-state index contributed by atoms with van der Waals surface area (Å²) in [6, 6.07) is 17.6. The summed E-state index contributed by atoms with van der Waals surface area (Å²) in [5, 5.41) is 16.4. The predicted molar refractivity (Wildman–Crippen MR) is 128 cm³/mol. The van der Waals surface area contributed by atoms with E-state index in [4.69, 9.17) is 0 Å². The van der Waals surface area contributed by atoms with E-state index in [1.54, 1.807) is 30.0 Å². The van der Waals surface area contributed by atoms with Crippen LogP contribution in [0.1, 0.15) is 26.7 Å². The summed E-state index contributed by atoms with van der Waals surface area (Å²) >= 11 is 3.09. The zero-order valence-corrected chi connectivity index (χ0v) is 19.0. The molecule has 4 atom stereocenters. The number of thioether (sulfide) groups is 1. The average Bonchev–Trinajstić information content (AvgIpc) is 3.59. The Morgan fingerprint density at radius 3 is 2.79 bits per heavy atom. The standard InChI is InChI=1S/C24H19N3O4S2/c28-22(19-9-4-10-33-19)21-20(14-5-3-6-15(11-14)27(30)31)18-12-32-13-26(18)24(21)16-7-1-2-8-17(16)25-23(24)29/h1-11,18,20-21H,12-13H2,(H,25,29)/t18-,20+,21-,24-/m1/s1. The highest BCUT2D eigenvalue weighted by atomic mass is 32.2. The summed E-state index contributed by atoms with van der Waals surface area (Å²) in [6.07, 6.45) is 0.